The number of nitrogens with one attached hydrogen (secondary N) is 1. The van der Waals surface area contributed by atoms with Crippen molar-refractivity contribution < 1.29 is 0 Å². The van der Waals surface area contributed by atoms with Crippen molar-refractivity contribution in [2.45, 2.75) is 6.04 Å². The summed E-state index contributed by atoms with van der Waals surface area (Å²) < 4.78 is 1.06. The molecule has 21 heavy (non-hydrogen) atoms. The molecule has 0 fully saturated rings. The first-order valence-electron chi connectivity index (χ1n) is 6.83. The molecule has 1 atom stereocenters. The molecule has 106 valence electrons. The highest BCUT2D eigenvalue weighted by atomic mass is 79.9. The standard InChI is InChI=1S/C17H16BrN3/c18-14-4-6-15(7-5-14)21-17(11-19)13-3-8-16-12(10-13)2-1-9-20-16/h1-10,17,21H,11,19H2. The van der Waals surface area contributed by atoms with E-state index < -0.39 is 0 Å². The maximum atomic E-state index is 5.94. The fourth-order valence-electron chi connectivity index (χ4n) is 2.34. The van der Waals surface area contributed by atoms with Crippen molar-refractivity contribution in [1.29, 1.82) is 0 Å². The lowest BCUT2D eigenvalue weighted by molar-refractivity contribution is 0.791. The van der Waals surface area contributed by atoms with Crippen molar-refractivity contribution in [2.24, 2.45) is 5.73 Å². The number of benzene rings is 2. The molecule has 1 unspecified atom stereocenters. The zero-order valence-corrected chi connectivity index (χ0v) is 13.0. The van der Waals surface area contributed by atoms with Crippen LogP contribution >= 0.6 is 15.9 Å². The average molecular weight is 342 g/mol. The molecule has 4 heteroatoms. The third-order valence-corrected chi connectivity index (χ3v) is 3.98. The smallest absolute Gasteiger partial charge is 0.0702 e. The van der Waals surface area contributed by atoms with Gasteiger partial charge in [0.15, 0.2) is 0 Å². The van der Waals surface area contributed by atoms with Gasteiger partial charge in [-0.25, -0.2) is 0 Å². The van der Waals surface area contributed by atoms with Crippen molar-refractivity contribution in [1.82, 2.24) is 4.98 Å². The Balaban J connectivity index is 1.88. The van der Waals surface area contributed by atoms with Crippen LogP contribution in [0.15, 0.2) is 65.3 Å². The minimum atomic E-state index is 0.0794. The second-order valence-corrected chi connectivity index (χ2v) is 5.81. The molecule has 1 heterocycles. The molecule has 0 amide bonds. The largest absolute Gasteiger partial charge is 0.377 e. The van der Waals surface area contributed by atoms with E-state index in [4.69, 9.17) is 5.73 Å². The third-order valence-electron chi connectivity index (χ3n) is 3.45. The van der Waals surface area contributed by atoms with E-state index in [0.29, 0.717) is 6.54 Å². The monoisotopic (exact) mass is 341 g/mol. The number of aromatic nitrogens is 1. The molecule has 0 aliphatic heterocycles. The van der Waals surface area contributed by atoms with E-state index >= 15 is 0 Å². The first-order valence-corrected chi connectivity index (χ1v) is 7.62. The Morgan fingerprint density at radius 3 is 2.67 bits per heavy atom. The lowest BCUT2D eigenvalue weighted by Crippen LogP contribution is -2.20. The number of hydrogen-bond donors (Lipinski definition) is 2. The molecule has 0 spiro atoms. The molecule has 0 aliphatic carbocycles. The first-order chi connectivity index (χ1) is 10.3. The van der Waals surface area contributed by atoms with Gasteiger partial charge in [-0.15, -0.1) is 0 Å². The van der Waals surface area contributed by atoms with Crippen LogP contribution in [0.5, 0.6) is 0 Å². The predicted octanol–water partition coefficient (Wildman–Crippen LogP) is 4.11. The van der Waals surface area contributed by atoms with Gasteiger partial charge in [0.2, 0.25) is 0 Å². The van der Waals surface area contributed by atoms with Crippen LogP contribution in [-0.2, 0) is 0 Å². The van der Waals surface area contributed by atoms with Gasteiger partial charge >= 0.3 is 0 Å². The molecule has 2 aromatic carbocycles. The SMILES string of the molecule is NCC(Nc1ccc(Br)cc1)c1ccc2ncccc2c1. The molecule has 0 saturated carbocycles. The average Bonchev–Trinajstić information content (AvgIpc) is 2.54. The topological polar surface area (TPSA) is 50.9 Å². The van der Waals surface area contributed by atoms with Crippen LogP contribution in [0, 0.1) is 0 Å². The summed E-state index contributed by atoms with van der Waals surface area (Å²) in [5.74, 6) is 0. The number of halogens is 1. The van der Waals surface area contributed by atoms with E-state index in [1.54, 1.807) is 0 Å². The van der Waals surface area contributed by atoms with Gasteiger partial charge in [-0.2, -0.15) is 0 Å². The summed E-state index contributed by atoms with van der Waals surface area (Å²) in [6, 6.07) is 18.5. The van der Waals surface area contributed by atoms with Gasteiger partial charge in [-0.05, 0) is 48.0 Å². The fraction of sp³-hybridized carbons (Fsp3) is 0.118. The molecule has 1 aromatic heterocycles. The van der Waals surface area contributed by atoms with Gasteiger partial charge in [-0.1, -0.05) is 28.1 Å². The summed E-state index contributed by atoms with van der Waals surface area (Å²) in [6.45, 7) is 0.530. The highest BCUT2D eigenvalue weighted by Gasteiger charge is 2.10. The number of pyridine rings is 1. The van der Waals surface area contributed by atoms with Crippen molar-refractivity contribution >= 4 is 32.5 Å². The Kier molecular flexibility index (Phi) is 4.18. The summed E-state index contributed by atoms with van der Waals surface area (Å²) >= 11 is 3.44. The molecule has 3 rings (SSSR count). The van der Waals surface area contributed by atoms with E-state index in [2.05, 4.69) is 44.4 Å². The predicted molar refractivity (Wildman–Crippen MR) is 91.3 cm³/mol. The van der Waals surface area contributed by atoms with Gasteiger partial charge in [0.1, 0.15) is 0 Å². The van der Waals surface area contributed by atoms with Crippen molar-refractivity contribution in [3.05, 3.63) is 70.8 Å². The van der Waals surface area contributed by atoms with E-state index in [1.807, 2.05) is 42.6 Å². The number of nitrogens with zero attached hydrogens (tertiary/aromatic N) is 1. The summed E-state index contributed by atoms with van der Waals surface area (Å²) in [6.07, 6.45) is 1.81. The molecule has 3 nitrogen and oxygen atoms in total. The van der Waals surface area contributed by atoms with Gasteiger partial charge in [-0.3, -0.25) is 4.98 Å². The van der Waals surface area contributed by atoms with Crippen LogP contribution < -0.4 is 11.1 Å². The van der Waals surface area contributed by atoms with Crippen LogP contribution in [0.4, 0.5) is 5.69 Å². The summed E-state index contributed by atoms with van der Waals surface area (Å²) in [5.41, 5.74) is 9.16. The minimum absolute atomic E-state index is 0.0794. The maximum Gasteiger partial charge on any atom is 0.0702 e. The quantitative estimate of drug-likeness (QED) is 0.750. The van der Waals surface area contributed by atoms with E-state index in [1.165, 1.54) is 5.56 Å². The Morgan fingerprint density at radius 2 is 1.90 bits per heavy atom. The van der Waals surface area contributed by atoms with Crippen LogP contribution in [0.3, 0.4) is 0 Å². The van der Waals surface area contributed by atoms with E-state index in [9.17, 15) is 0 Å². The number of nitrogens with two attached hydrogens (primary N) is 1. The highest BCUT2D eigenvalue weighted by molar-refractivity contribution is 9.10. The molecule has 0 saturated heterocycles. The van der Waals surface area contributed by atoms with Crippen LogP contribution in [0.25, 0.3) is 10.9 Å². The molecular formula is C17H16BrN3. The second-order valence-electron chi connectivity index (χ2n) is 4.90. The van der Waals surface area contributed by atoms with Crippen molar-refractivity contribution in [2.75, 3.05) is 11.9 Å². The summed E-state index contributed by atoms with van der Waals surface area (Å²) in [4.78, 5) is 4.34. The first kappa shape index (κ1) is 14.0. The minimum Gasteiger partial charge on any atom is -0.377 e. The van der Waals surface area contributed by atoms with Gasteiger partial charge in [0, 0.05) is 28.3 Å². The Hall–Kier alpha value is -1.91. The lowest BCUT2D eigenvalue weighted by Gasteiger charge is -2.19. The van der Waals surface area contributed by atoms with Gasteiger partial charge in [0.25, 0.3) is 0 Å². The lowest BCUT2D eigenvalue weighted by atomic mass is 10.0. The normalized spacial score (nSPS) is 12.3. The molecule has 3 N–H and O–H groups in total. The van der Waals surface area contributed by atoms with Crippen LogP contribution in [0.2, 0.25) is 0 Å². The molecule has 0 aliphatic rings. The Labute approximate surface area is 132 Å². The molecule has 0 radical (unpaired) electrons. The highest BCUT2D eigenvalue weighted by Crippen LogP contribution is 2.23. The van der Waals surface area contributed by atoms with Crippen LogP contribution in [-0.4, -0.2) is 11.5 Å². The van der Waals surface area contributed by atoms with Gasteiger partial charge in [0.05, 0.1) is 11.6 Å². The van der Waals surface area contributed by atoms with Crippen LogP contribution in [0.1, 0.15) is 11.6 Å². The van der Waals surface area contributed by atoms with E-state index in [0.717, 1.165) is 21.1 Å². The van der Waals surface area contributed by atoms with Gasteiger partial charge < -0.3 is 11.1 Å². The van der Waals surface area contributed by atoms with Crippen molar-refractivity contribution in [3.63, 3.8) is 0 Å². The van der Waals surface area contributed by atoms with Crippen molar-refractivity contribution in [3.8, 4) is 0 Å². The third kappa shape index (κ3) is 3.23. The maximum absolute atomic E-state index is 5.94. The van der Waals surface area contributed by atoms with E-state index in [-0.39, 0.29) is 6.04 Å². The number of anilines is 1. The fourth-order valence-corrected chi connectivity index (χ4v) is 2.60. The zero-order valence-electron chi connectivity index (χ0n) is 11.5. The Bertz CT molecular complexity index is 740. The molecule has 0 bridgehead atoms. The Morgan fingerprint density at radius 1 is 1.10 bits per heavy atom. The molecular weight excluding hydrogens is 326 g/mol. The zero-order chi connectivity index (χ0) is 14.7. The summed E-state index contributed by atoms with van der Waals surface area (Å²) in [7, 11) is 0. The number of hydrogen-bond acceptors (Lipinski definition) is 3. The number of fused-ring (bicyclic) bond motifs is 1. The summed E-state index contributed by atoms with van der Waals surface area (Å²) in [5, 5.41) is 4.60. The molecule has 3 aromatic rings. The number of rotatable bonds is 4. The second kappa shape index (κ2) is 6.24.